The van der Waals surface area contributed by atoms with Gasteiger partial charge in [-0.25, -0.2) is 0 Å². The Bertz CT molecular complexity index is 1050. The molecule has 0 saturated carbocycles. The molecule has 0 aliphatic rings. The second-order valence-corrected chi connectivity index (χ2v) is 6.56. The van der Waals surface area contributed by atoms with Gasteiger partial charge in [-0.3, -0.25) is 9.59 Å². The van der Waals surface area contributed by atoms with Crippen molar-refractivity contribution in [3.05, 3.63) is 47.7 Å². The van der Waals surface area contributed by atoms with Crippen LogP contribution < -0.4 is 19.5 Å². The van der Waals surface area contributed by atoms with Crippen molar-refractivity contribution in [1.29, 1.82) is 0 Å². The highest BCUT2D eigenvalue weighted by molar-refractivity contribution is 5.94. The van der Waals surface area contributed by atoms with Crippen molar-refractivity contribution in [3.63, 3.8) is 0 Å². The lowest BCUT2D eigenvalue weighted by atomic mass is 10.1. The van der Waals surface area contributed by atoms with Crippen LogP contribution in [0.5, 0.6) is 17.2 Å². The van der Waals surface area contributed by atoms with Crippen molar-refractivity contribution in [2.75, 3.05) is 33.3 Å². The first-order valence-corrected chi connectivity index (χ1v) is 9.17. The van der Waals surface area contributed by atoms with Gasteiger partial charge in [-0.2, -0.15) is 0 Å². The second kappa shape index (κ2) is 9.21. The summed E-state index contributed by atoms with van der Waals surface area (Å²) in [5.74, 6) is 0.174. The average molecular weight is 413 g/mol. The highest BCUT2D eigenvalue weighted by Gasteiger charge is 2.16. The molecule has 1 amide bonds. The molecular weight excluding hydrogens is 390 g/mol. The Morgan fingerprint density at radius 1 is 1.00 bits per heavy atom. The van der Waals surface area contributed by atoms with E-state index < -0.39 is 18.5 Å². The minimum Gasteiger partial charge on any atom is -0.493 e. The van der Waals surface area contributed by atoms with Crippen molar-refractivity contribution >= 4 is 28.5 Å². The Morgan fingerprint density at radius 3 is 2.33 bits per heavy atom. The van der Waals surface area contributed by atoms with E-state index in [0.29, 0.717) is 34.1 Å². The lowest BCUT2D eigenvalue weighted by Crippen LogP contribution is -2.21. The third-order valence-electron chi connectivity index (χ3n) is 4.46. The van der Waals surface area contributed by atoms with Crippen LogP contribution in [0.2, 0.25) is 0 Å². The Labute approximate surface area is 173 Å². The standard InChI is InChI=1S/C22H23NO7/c1-13-5-6-16-14(11-29-17(16)7-13)8-21(25)30-12-20(24)23-15-9-18(26-2)22(28-4)19(10-15)27-3/h5-7,9-11H,8,12H2,1-4H3,(H,23,24). The molecule has 2 aromatic carbocycles. The summed E-state index contributed by atoms with van der Waals surface area (Å²) in [4.78, 5) is 24.4. The minimum absolute atomic E-state index is 0.00746. The van der Waals surface area contributed by atoms with Crippen molar-refractivity contribution in [1.82, 2.24) is 0 Å². The summed E-state index contributed by atoms with van der Waals surface area (Å²) >= 11 is 0. The predicted molar refractivity (Wildman–Crippen MR) is 110 cm³/mol. The number of furan rings is 1. The van der Waals surface area contributed by atoms with E-state index in [1.807, 2.05) is 25.1 Å². The van der Waals surface area contributed by atoms with Gasteiger partial charge in [0.05, 0.1) is 34.0 Å². The molecule has 8 nitrogen and oxygen atoms in total. The molecule has 0 atom stereocenters. The molecule has 0 saturated heterocycles. The summed E-state index contributed by atoms with van der Waals surface area (Å²) in [6.45, 7) is 1.53. The van der Waals surface area contributed by atoms with E-state index in [4.69, 9.17) is 23.4 Å². The number of anilines is 1. The summed E-state index contributed by atoms with van der Waals surface area (Å²) < 4.78 is 26.3. The van der Waals surface area contributed by atoms with Crippen molar-refractivity contribution in [2.45, 2.75) is 13.3 Å². The fourth-order valence-corrected chi connectivity index (χ4v) is 3.03. The van der Waals surface area contributed by atoms with Gasteiger partial charge in [0.15, 0.2) is 18.1 Å². The summed E-state index contributed by atoms with van der Waals surface area (Å²) in [6, 6.07) is 8.90. The number of fused-ring (bicyclic) bond motifs is 1. The van der Waals surface area contributed by atoms with Gasteiger partial charge >= 0.3 is 5.97 Å². The van der Waals surface area contributed by atoms with Crippen molar-refractivity contribution in [2.24, 2.45) is 0 Å². The molecule has 0 unspecified atom stereocenters. The highest BCUT2D eigenvalue weighted by atomic mass is 16.5. The maximum Gasteiger partial charge on any atom is 0.310 e. The van der Waals surface area contributed by atoms with Crippen molar-refractivity contribution < 1.29 is 33.0 Å². The number of esters is 1. The number of carbonyl (C=O) groups excluding carboxylic acids is 2. The molecule has 3 rings (SSSR count). The van der Waals surface area contributed by atoms with E-state index in [9.17, 15) is 9.59 Å². The van der Waals surface area contributed by atoms with Gasteiger partial charge in [-0.1, -0.05) is 12.1 Å². The molecule has 0 aliphatic heterocycles. The van der Waals surface area contributed by atoms with Crippen LogP contribution in [0.3, 0.4) is 0 Å². The van der Waals surface area contributed by atoms with Crippen LogP contribution in [0.25, 0.3) is 11.0 Å². The minimum atomic E-state index is -0.529. The molecular formula is C22H23NO7. The number of hydrogen-bond acceptors (Lipinski definition) is 7. The molecule has 0 aliphatic carbocycles. The SMILES string of the molecule is COc1cc(NC(=O)COC(=O)Cc2coc3cc(C)ccc23)cc(OC)c1OC. The van der Waals surface area contributed by atoms with Crippen LogP contribution >= 0.6 is 0 Å². The van der Waals surface area contributed by atoms with Gasteiger partial charge in [-0.15, -0.1) is 0 Å². The molecule has 0 bridgehead atoms. The largest absolute Gasteiger partial charge is 0.493 e. The number of methoxy groups -OCH3 is 3. The molecule has 30 heavy (non-hydrogen) atoms. The number of rotatable bonds is 8. The van der Waals surface area contributed by atoms with Crippen LogP contribution in [0.15, 0.2) is 41.0 Å². The van der Waals surface area contributed by atoms with Gasteiger partial charge in [-0.05, 0) is 18.6 Å². The number of benzene rings is 2. The first kappa shape index (κ1) is 21.0. The van der Waals surface area contributed by atoms with Crippen LogP contribution in [-0.4, -0.2) is 39.8 Å². The molecule has 1 aromatic heterocycles. The Hall–Kier alpha value is -3.68. The smallest absolute Gasteiger partial charge is 0.310 e. The summed E-state index contributed by atoms with van der Waals surface area (Å²) in [7, 11) is 4.44. The second-order valence-electron chi connectivity index (χ2n) is 6.56. The molecule has 0 fully saturated rings. The van der Waals surface area contributed by atoms with Gasteiger partial charge in [0.1, 0.15) is 5.58 Å². The van der Waals surface area contributed by atoms with Crippen LogP contribution in [0.1, 0.15) is 11.1 Å². The zero-order chi connectivity index (χ0) is 21.7. The van der Waals surface area contributed by atoms with Gasteiger partial charge in [0.2, 0.25) is 5.75 Å². The lowest BCUT2D eigenvalue weighted by Gasteiger charge is -2.14. The third kappa shape index (κ3) is 4.65. The van der Waals surface area contributed by atoms with Gasteiger partial charge in [0.25, 0.3) is 5.91 Å². The molecule has 158 valence electrons. The average Bonchev–Trinajstić information content (AvgIpc) is 3.12. The van der Waals surface area contributed by atoms with Crippen molar-refractivity contribution in [3.8, 4) is 17.2 Å². The Kier molecular flexibility index (Phi) is 6.46. The number of amides is 1. The maximum absolute atomic E-state index is 12.2. The summed E-state index contributed by atoms with van der Waals surface area (Å²) in [5, 5.41) is 3.49. The first-order chi connectivity index (χ1) is 14.4. The Morgan fingerprint density at radius 2 is 1.70 bits per heavy atom. The third-order valence-corrected chi connectivity index (χ3v) is 4.46. The van der Waals surface area contributed by atoms with E-state index in [1.54, 1.807) is 12.1 Å². The summed E-state index contributed by atoms with van der Waals surface area (Å²) in [6.07, 6.45) is 1.54. The van der Waals surface area contributed by atoms with Crippen LogP contribution in [-0.2, 0) is 20.7 Å². The van der Waals surface area contributed by atoms with E-state index in [0.717, 1.165) is 10.9 Å². The molecule has 8 heteroatoms. The van der Waals surface area contributed by atoms with Gasteiger partial charge < -0.3 is 28.7 Å². The highest BCUT2D eigenvalue weighted by Crippen LogP contribution is 2.39. The molecule has 1 N–H and O–H groups in total. The number of ether oxygens (including phenoxy) is 4. The van der Waals surface area contributed by atoms with Gasteiger partial charge in [0, 0.05) is 28.8 Å². The number of nitrogens with one attached hydrogen (secondary N) is 1. The molecule has 0 spiro atoms. The normalized spacial score (nSPS) is 10.5. The quantitative estimate of drug-likeness (QED) is 0.565. The van der Waals surface area contributed by atoms with E-state index in [2.05, 4.69) is 5.32 Å². The zero-order valence-corrected chi connectivity index (χ0v) is 17.2. The maximum atomic E-state index is 12.2. The lowest BCUT2D eigenvalue weighted by molar-refractivity contribution is -0.146. The Balaban J connectivity index is 1.59. The van der Waals surface area contributed by atoms with E-state index in [-0.39, 0.29) is 6.42 Å². The first-order valence-electron chi connectivity index (χ1n) is 9.17. The van der Waals surface area contributed by atoms with Crippen LogP contribution in [0.4, 0.5) is 5.69 Å². The zero-order valence-electron chi connectivity index (χ0n) is 17.2. The van der Waals surface area contributed by atoms with Crippen LogP contribution in [0, 0.1) is 6.92 Å². The number of carbonyl (C=O) groups is 2. The molecule has 1 heterocycles. The topological polar surface area (TPSA) is 96.2 Å². The fourth-order valence-electron chi connectivity index (χ4n) is 3.03. The number of aryl methyl sites for hydroxylation is 1. The molecule has 0 radical (unpaired) electrons. The molecule has 3 aromatic rings. The fraction of sp³-hybridized carbons (Fsp3) is 0.273. The summed E-state index contributed by atoms with van der Waals surface area (Å²) in [5.41, 5.74) is 2.90. The van der Waals surface area contributed by atoms with E-state index >= 15 is 0 Å². The monoisotopic (exact) mass is 413 g/mol. The predicted octanol–water partition coefficient (Wildman–Crippen LogP) is 3.49. The van der Waals surface area contributed by atoms with E-state index in [1.165, 1.54) is 27.6 Å². The number of hydrogen-bond donors (Lipinski definition) is 1.